The van der Waals surface area contributed by atoms with Crippen molar-refractivity contribution in [3.05, 3.63) is 67.3 Å². The van der Waals surface area contributed by atoms with Crippen LogP contribution in [0.5, 0.6) is 0 Å². The second kappa shape index (κ2) is 8.44. The molecule has 3 aromatic heterocycles. The number of aromatic nitrogens is 5. The van der Waals surface area contributed by atoms with Gasteiger partial charge in [-0.2, -0.15) is 4.98 Å². The third-order valence-electron chi connectivity index (χ3n) is 6.37. The van der Waals surface area contributed by atoms with Gasteiger partial charge in [0.15, 0.2) is 11.2 Å². The highest BCUT2D eigenvalue weighted by Crippen LogP contribution is 2.20. The molecule has 5 rings (SSSR count). The number of benzene rings is 1. The Balaban J connectivity index is 1.61. The van der Waals surface area contributed by atoms with Crippen LogP contribution in [-0.4, -0.2) is 60.7 Å². The molecule has 33 heavy (non-hydrogen) atoms. The van der Waals surface area contributed by atoms with Crippen molar-refractivity contribution in [2.75, 3.05) is 32.7 Å². The number of halogens is 2. The predicted octanol–water partition coefficient (Wildman–Crippen LogP) is 1.20. The molecule has 0 aliphatic carbocycles. The number of nitrogens with zero attached hydrogens (tertiary/aromatic N) is 6. The molecule has 1 fully saturated rings. The summed E-state index contributed by atoms with van der Waals surface area (Å²) in [6, 6.07) is 4.28. The van der Waals surface area contributed by atoms with Gasteiger partial charge in [-0.05, 0) is 19.1 Å². The molecule has 4 heterocycles. The van der Waals surface area contributed by atoms with E-state index in [1.54, 1.807) is 11.4 Å². The highest BCUT2D eigenvalue weighted by Gasteiger charge is 2.22. The number of aryl methyl sites for hydroxylation is 2. The Morgan fingerprint density at radius 1 is 1.15 bits per heavy atom. The lowest BCUT2D eigenvalue weighted by Gasteiger charge is -2.27. The minimum atomic E-state index is -0.573. The van der Waals surface area contributed by atoms with Crippen LogP contribution >= 0.6 is 11.6 Å². The van der Waals surface area contributed by atoms with Crippen molar-refractivity contribution in [2.45, 2.75) is 20.0 Å². The molecule has 1 aliphatic heterocycles. The molecule has 0 spiro atoms. The first kappa shape index (κ1) is 21.9. The summed E-state index contributed by atoms with van der Waals surface area (Å²) >= 11 is 6.15. The summed E-state index contributed by atoms with van der Waals surface area (Å²) in [4.78, 5) is 33.5. The molecule has 0 unspecified atom stereocenters. The number of rotatable bonds is 5. The Labute approximate surface area is 193 Å². The topological polar surface area (TPSA) is 81.5 Å². The average Bonchev–Trinajstić information content (AvgIpc) is 3.31. The van der Waals surface area contributed by atoms with E-state index in [0.29, 0.717) is 11.4 Å². The first-order chi connectivity index (χ1) is 15.9. The van der Waals surface area contributed by atoms with Crippen LogP contribution in [0.25, 0.3) is 16.9 Å². The maximum absolute atomic E-state index is 14.4. The first-order valence-electron chi connectivity index (χ1n) is 10.9. The van der Waals surface area contributed by atoms with Crippen LogP contribution in [0.4, 0.5) is 4.39 Å². The Bertz CT molecular complexity index is 1460. The number of imidazole rings is 2. The zero-order chi connectivity index (χ0) is 23.3. The fraction of sp³-hybridized carbons (Fsp3) is 0.409. The largest absolute Gasteiger partial charge is 0.332 e. The van der Waals surface area contributed by atoms with Crippen molar-refractivity contribution in [3.63, 3.8) is 0 Å². The van der Waals surface area contributed by atoms with Crippen molar-refractivity contribution in [1.29, 1.82) is 0 Å². The normalized spacial score (nSPS) is 15.2. The summed E-state index contributed by atoms with van der Waals surface area (Å²) in [5, 5.41) is 3.51. The molecular weight excluding hydrogens is 449 g/mol. The molecule has 1 N–H and O–H groups in total. The highest BCUT2D eigenvalue weighted by molar-refractivity contribution is 6.31. The number of nitrogens with one attached hydrogen (secondary N) is 1. The molecule has 1 aromatic carbocycles. The quantitative estimate of drug-likeness (QED) is 0.471. The molecule has 4 aromatic rings. The lowest BCUT2D eigenvalue weighted by molar-refractivity contribution is 0.233. The van der Waals surface area contributed by atoms with Gasteiger partial charge in [0.05, 0.1) is 6.54 Å². The summed E-state index contributed by atoms with van der Waals surface area (Å²) < 4.78 is 20.5. The lowest BCUT2D eigenvalue weighted by atomic mass is 10.2. The molecule has 0 bridgehead atoms. The molecule has 11 heteroatoms. The Morgan fingerprint density at radius 2 is 1.91 bits per heavy atom. The third-order valence-corrected chi connectivity index (χ3v) is 6.72. The lowest BCUT2D eigenvalue weighted by Crippen LogP contribution is -2.44. The molecule has 1 aliphatic rings. The van der Waals surface area contributed by atoms with Crippen molar-refractivity contribution in [1.82, 2.24) is 33.3 Å². The van der Waals surface area contributed by atoms with Gasteiger partial charge in [-0.1, -0.05) is 17.7 Å². The molecule has 0 saturated carbocycles. The third kappa shape index (κ3) is 3.68. The van der Waals surface area contributed by atoms with E-state index in [1.807, 2.05) is 13.1 Å². The summed E-state index contributed by atoms with van der Waals surface area (Å²) in [6.45, 7) is 7.22. The zero-order valence-electron chi connectivity index (χ0n) is 18.5. The van der Waals surface area contributed by atoms with E-state index in [9.17, 15) is 14.0 Å². The molecule has 1 saturated heterocycles. The number of fused-ring (bicyclic) bond motifs is 3. The van der Waals surface area contributed by atoms with Gasteiger partial charge in [0.2, 0.25) is 5.78 Å². The summed E-state index contributed by atoms with van der Waals surface area (Å²) in [6.07, 6.45) is 1.86. The van der Waals surface area contributed by atoms with Gasteiger partial charge in [0.25, 0.3) is 5.56 Å². The SMILES string of the molecule is Cc1cn2c3c(=O)n(Cc4c(F)cccc4Cl)c(=O)n(C)c3nc2n1CCN1CCNCC1. The fourth-order valence-electron chi connectivity index (χ4n) is 4.49. The Kier molecular flexibility index (Phi) is 5.59. The van der Waals surface area contributed by atoms with Gasteiger partial charge < -0.3 is 9.88 Å². The Morgan fingerprint density at radius 3 is 2.64 bits per heavy atom. The first-order valence-corrected chi connectivity index (χ1v) is 11.3. The van der Waals surface area contributed by atoms with Crippen LogP contribution < -0.4 is 16.6 Å². The minimum absolute atomic E-state index is 0.100. The van der Waals surface area contributed by atoms with Gasteiger partial charge in [-0.25, -0.2) is 9.18 Å². The van der Waals surface area contributed by atoms with Gasteiger partial charge in [0.1, 0.15) is 5.82 Å². The molecule has 0 radical (unpaired) electrons. The van der Waals surface area contributed by atoms with Crippen LogP contribution in [0.2, 0.25) is 5.02 Å². The van der Waals surface area contributed by atoms with Crippen LogP contribution in [0.3, 0.4) is 0 Å². The zero-order valence-corrected chi connectivity index (χ0v) is 19.3. The van der Waals surface area contributed by atoms with E-state index in [0.717, 1.165) is 49.5 Å². The smallest absolute Gasteiger partial charge is 0.314 e. The number of hydrogen-bond donors (Lipinski definition) is 1. The van der Waals surface area contributed by atoms with Gasteiger partial charge in [0, 0.05) is 68.8 Å². The van der Waals surface area contributed by atoms with Gasteiger partial charge in [-0.15, -0.1) is 0 Å². The molecular formula is C22H25ClFN7O2. The maximum Gasteiger partial charge on any atom is 0.332 e. The standard InChI is InChI=1S/C22H25ClFN7O2/c1-14-12-30-18-19(26-21(30)29(14)11-10-28-8-6-25-7-9-28)27(2)22(33)31(20(18)32)13-15-16(23)4-3-5-17(15)24/h3-5,12,25H,6-11,13H2,1-2H3. The van der Waals surface area contributed by atoms with Crippen LogP contribution in [-0.2, 0) is 20.1 Å². The van der Waals surface area contributed by atoms with E-state index >= 15 is 0 Å². The minimum Gasteiger partial charge on any atom is -0.314 e. The van der Waals surface area contributed by atoms with E-state index in [2.05, 4.69) is 19.8 Å². The van der Waals surface area contributed by atoms with Crippen molar-refractivity contribution < 1.29 is 4.39 Å². The second-order valence-electron chi connectivity index (χ2n) is 8.40. The van der Waals surface area contributed by atoms with Crippen LogP contribution in [0, 0.1) is 12.7 Å². The van der Waals surface area contributed by atoms with E-state index < -0.39 is 17.1 Å². The molecule has 174 valence electrons. The summed E-state index contributed by atoms with van der Waals surface area (Å²) in [7, 11) is 1.56. The highest BCUT2D eigenvalue weighted by atomic mass is 35.5. The van der Waals surface area contributed by atoms with Gasteiger partial charge >= 0.3 is 5.69 Å². The van der Waals surface area contributed by atoms with E-state index in [-0.39, 0.29) is 22.6 Å². The summed E-state index contributed by atoms with van der Waals surface area (Å²) in [5.41, 5.74) is 0.543. The van der Waals surface area contributed by atoms with Crippen molar-refractivity contribution in [3.8, 4) is 0 Å². The average molecular weight is 474 g/mol. The van der Waals surface area contributed by atoms with E-state index in [1.165, 1.54) is 22.8 Å². The monoisotopic (exact) mass is 473 g/mol. The predicted molar refractivity (Wildman–Crippen MR) is 125 cm³/mol. The second-order valence-corrected chi connectivity index (χ2v) is 8.81. The fourth-order valence-corrected chi connectivity index (χ4v) is 4.71. The maximum atomic E-state index is 14.4. The van der Waals surface area contributed by atoms with Crippen molar-refractivity contribution in [2.24, 2.45) is 7.05 Å². The van der Waals surface area contributed by atoms with Crippen LogP contribution in [0.15, 0.2) is 34.0 Å². The number of piperazine rings is 1. The van der Waals surface area contributed by atoms with Gasteiger partial charge in [-0.3, -0.25) is 23.2 Å². The van der Waals surface area contributed by atoms with E-state index in [4.69, 9.17) is 11.6 Å². The summed E-state index contributed by atoms with van der Waals surface area (Å²) in [5.74, 6) is 0.0382. The molecule has 9 nitrogen and oxygen atoms in total. The van der Waals surface area contributed by atoms with Crippen LogP contribution in [0.1, 0.15) is 11.3 Å². The van der Waals surface area contributed by atoms with Crippen molar-refractivity contribution >= 4 is 28.5 Å². The molecule has 0 atom stereocenters. The molecule has 0 amide bonds. The number of hydrogen-bond acceptors (Lipinski definition) is 5. The Hall–Kier alpha value is -2.95.